The molecule has 28 heavy (non-hydrogen) atoms. The van der Waals surface area contributed by atoms with Crippen molar-refractivity contribution in [2.75, 3.05) is 18.0 Å². The number of rotatable bonds is 4. The van der Waals surface area contributed by atoms with E-state index in [4.69, 9.17) is 4.52 Å². The van der Waals surface area contributed by atoms with E-state index in [-0.39, 0.29) is 17.6 Å². The third kappa shape index (κ3) is 3.19. The number of piperidine rings is 1. The van der Waals surface area contributed by atoms with Crippen LogP contribution in [0.25, 0.3) is 22.4 Å². The Labute approximate surface area is 160 Å². The Balaban J connectivity index is 1.42. The zero-order valence-electron chi connectivity index (χ0n) is 15.3. The zero-order chi connectivity index (χ0) is 19.1. The molecule has 1 amide bonds. The van der Waals surface area contributed by atoms with E-state index in [1.807, 2.05) is 0 Å². The lowest BCUT2D eigenvalue weighted by atomic mass is 9.95. The monoisotopic (exact) mass is 381 g/mol. The Morgan fingerprint density at radius 1 is 1.18 bits per heavy atom. The summed E-state index contributed by atoms with van der Waals surface area (Å²) in [5.74, 6) is 0.584. The molecular formula is C20H20FN5O2. The molecule has 7 nitrogen and oxygen atoms in total. The summed E-state index contributed by atoms with van der Waals surface area (Å²) in [6.45, 7) is 1.42. The van der Waals surface area contributed by atoms with E-state index in [0.29, 0.717) is 47.3 Å². The second kappa shape index (κ2) is 6.85. The molecule has 144 valence electrons. The van der Waals surface area contributed by atoms with E-state index in [9.17, 15) is 9.18 Å². The van der Waals surface area contributed by atoms with Gasteiger partial charge in [0.1, 0.15) is 29.0 Å². The molecule has 0 spiro atoms. The first-order valence-electron chi connectivity index (χ1n) is 9.60. The van der Waals surface area contributed by atoms with Crippen molar-refractivity contribution in [3.8, 4) is 11.3 Å². The average molecular weight is 381 g/mol. The summed E-state index contributed by atoms with van der Waals surface area (Å²) >= 11 is 0. The van der Waals surface area contributed by atoms with Crippen LogP contribution in [0.1, 0.15) is 25.7 Å². The highest BCUT2D eigenvalue weighted by Gasteiger charge is 2.31. The van der Waals surface area contributed by atoms with Gasteiger partial charge in [-0.3, -0.25) is 4.79 Å². The third-order valence-electron chi connectivity index (χ3n) is 5.44. The quantitative estimate of drug-likeness (QED) is 0.748. The number of hydrogen-bond acceptors (Lipinski definition) is 6. The fourth-order valence-electron chi connectivity index (χ4n) is 3.74. The number of nitrogens with zero attached hydrogens (tertiary/aromatic N) is 4. The van der Waals surface area contributed by atoms with Gasteiger partial charge in [-0.15, -0.1) is 0 Å². The van der Waals surface area contributed by atoms with Crippen LogP contribution in [0.5, 0.6) is 0 Å². The highest BCUT2D eigenvalue weighted by Crippen LogP contribution is 2.35. The van der Waals surface area contributed by atoms with Crippen molar-refractivity contribution in [2.24, 2.45) is 5.92 Å². The summed E-state index contributed by atoms with van der Waals surface area (Å²) in [6.07, 6.45) is 5.18. The Morgan fingerprint density at radius 2 is 2.00 bits per heavy atom. The van der Waals surface area contributed by atoms with Gasteiger partial charge in [-0.1, -0.05) is 17.3 Å². The number of benzene rings is 1. The van der Waals surface area contributed by atoms with E-state index in [1.54, 1.807) is 12.1 Å². The maximum absolute atomic E-state index is 13.7. The van der Waals surface area contributed by atoms with E-state index in [1.165, 1.54) is 18.5 Å². The van der Waals surface area contributed by atoms with Crippen molar-refractivity contribution in [1.82, 2.24) is 20.4 Å². The van der Waals surface area contributed by atoms with Crippen LogP contribution < -0.4 is 10.2 Å². The highest BCUT2D eigenvalue weighted by atomic mass is 19.1. The summed E-state index contributed by atoms with van der Waals surface area (Å²) < 4.78 is 19.1. The molecule has 0 atom stereocenters. The molecule has 0 unspecified atom stereocenters. The van der Waals surface area contributed by atoms with Gasteiger partial charge in [-0.25, -0.2) is 9.37 Å². The van der Waals surface area contributed by atoms with Crippen molar-refractivity contribution in [2.45, 2.75) is 31.7 Å². The number of halogens is 1. The topological polar surface area (TPSA) is 84.2 Å². The number of hydrogen-bond donors (Lipinski definition) is 1. The van der Waals surface area contributed by atoms with E-state index in [2.05, 4.69) is 25.3 Å². The van der Waals surface area contributed by atoms with Gasteiger partial charge in [0.15, 0.2) is 0 Å². The van der Waals surface area contributed by atoms with Gasteiger partial charge >= 0.3 is 0 Å². The van der Waals surface area contributed by atoms with Crippen molar-refractivity contribution in [3.63, 3.8) is 0 Å². The number of amides is 1. The zero-order valence-corrected chi connectivity index (χ0v) is 15.3. The molecule has 1 N–H and O–H groups in total. The summed E-state index contributed by atoms with van der Waals surface area (Å²) in [5.41, 5.74) is 1.52. The smallest absolute Gasteiger partial charge is 0.263 e. The van der Waals surface area contributed by atoms with Crippen LogP contribution in [0, 0.1) is 11.7 Å². The summed E-state index contributed by atoms with van der Waals surface area (Å²) in [7, 11) is 0. The van der Waals surface area contributed by atoms with E-state index in [0.717, 1.165) is 25.7 Å². The predicted octanol–water partition coefficient (Wildman–Crippen LogP) is 2.92. The maximum atomic E-state index is 13.7. The van der Waals surface area contributed by atoms with Gasteiger partial charge in [-0.2, -0.15) is 4.98 Å². The summed E-state index contributed by atoms with van der Waals surface area (Å²) in [5, 5.41) is 7.88. The van der Waals surface area contributed by atoms with Gasteiger partial charge in [-0.05, 0) is 37.8 Å². The van der Waals surface area contributed by atoms with E-state index >= 15 is 0 Å². The molecule has 1 saturated carbocycles. The second-order valence-corrected chi connectivity index (χ2v) is 7.46. The molecular weight excluding hydrogens is 361 g/mol. The molecule has 2 aliphatic rings. The molecule has 8 heteroatoms. The molecule has 2 fully saturated rings. The minimum atomic E-state index is -0.338. The molecule has 3 heterocycles. The predicted molar refractivity (Wildman–Crippen MR) is 101 cm³/mol. The Morgan fingerprint density at radius 3 is 2.75 bits per heavy atom. The SMILES string of the molecule is O=C(NC1CC1)C1CCN(c2ncnc3onc(-c4cccc(F)c4)c23)CC1. The van der Waals surface area contributed by atoms with Crippen molar-refractivity contribution in [1.29, 1.82) is 0 Å². The second-order valence-electron chi connectivity index (χ2n) is 7.46. The van der Waals surface area contributed by atoms with Gasteiger partial charge in [0.05, 0.1) is 0 Å². The Bertz CT molecular complexity index is 1020. The minimum absolute atomic E-state index is 0.0411. The first-order valence-corrected chi connectivity index (χ1v) is 9.60. The first-order chi connectivity index (χ1) is 13.7. The minimum Gasteiger partial charge on any atom is -0.356 e. The van der Waals surface area contributed by atoms with Crippen LogP contribution >= 0.6 is 0 Å². The first kappa shape index (κ1) is 17.1. The Hall–Kier alpha value is -3.03. The van der Waals surface area contributed by atoms with Crippen molar-refractivity contribution < 1.29 is 13.7 Å². The highest BCUT2D eigenvalue weighted by molar-refractivity contribution is 5.98. The normalized spacial score (nSPS) is 17.8. The van der Waals surface area contributed by atoms with Crippen LogP contribution in [0.4, 0.5) is 10.2 Å². The molecule has 1 saturated heterocycles. The van der Waals surface area contributed by atoms with Gasteiger partial charge in [0.2, 0.25) is 5.91 Å². The number of carbonyl (C=O) groups is 1. The number of anilines is 1. The summed E-state index contributed by atoms with van der Waals surface area (Å²) in [6, 6.07) is 6.62. The lowest BCUT2D eigenvalue weighted by molar-refractivity contribution is -0.125. The molecule has 0 radical (unpaired) electrons. The molecule has 5 rings (SSSR count). The molecule has 1 aliphatic carbocycles. The fourth-order valence-corrected chi connectivity index (χ4v) is 3.74. The number of carbonyl (C=O) groups excluding carboxylic acids is 1. The standard InChI is InChI=1S/C20H20FN5O2/c21-14-3-1-2-13(10-14)17-16-18(22-11-23-20(16)28-25-17)26-8-6-12(7-9-26)19(27)24-15-4-5-15/h1-3,10-12,15H,4-9H2,(H,24,27). The van der Waals surface area contributed by atoms with Crippen LogP contribution in [-0.2, 0) is 4.79 Å². The lowest BCUT2D eigenvalue weighted by Gasteiger charge is -2.32. The molecule has 2 aromatic heterocycles. The number of fused-ring (bicyclic) bond motifs is 1. The third-order valence-corrected chi connectivity index (χ3v) is 5.44. The fraction of sp³-hybridized carbons (Fsp3) is 0.400. The molecule has 0 bridgehead atoms. The van der Waals surface area contributed by atoms with Crippen LogP contribution in [0.3, 0.4) is 0 Å². The molecule has 3 aromatic rings. The Kier molecular flexibility index (Phi) is 4.18. The van der Waals surface area contributed by atoms with Crippen LogP contribution in [0.15, 0.2) is 35.1 Å². The molecule has 1 aliphatic heterocycles. The largest absolute Gasteiger partial charge is 0.356 e. The van der Waals surface area contributed by atoms with Gasteiger partial charge < -0.3 is 14.7 Å². The van der Waals surface area contributed by atoms with Crippen molar-refractivity contribution >= 4 is 22.8 Å². The molecule has 1 aromatic carbocycles. The van der Waals surface area contributed by atoms with E-state index < -0.39 is 0 Å². The van der Waals surface area contributed by atoms with Crippen LogP contribution in [0.2, 0.25) is 0 Å². The lowest BCUT2D eigenvalue weighted by Crippen LogP contribution is -2.41. The number of nitrogens with one attached hydrogen (secondary N) is 1. The average Bonchev–Trinajstić information content (AvgIpc) is 3.42. The van der Waals surface area contributed by atoms with Crippen molar-refractivity contribution in [3.05, 3.63) is 36.4 Å². The summed E-state index contributed by atoms with van der Waals surface area (Å²) in [4.78, 5) is 23.1. The number of aromatic nitrogens is 3. The maximum Gasteiger partial charge on any atom is 0.263 e. The van der Waals surface area contributed by atoms with Crippen LogP contribution in [-0.4, -0.2) is 40.2 Å². The van der Waals surface area contributed by atoms with Gasteiger partial charge in [0, 0.05) is 30.6 Å². The van der Waals surface area contributed by atoms with Gasteiger partial charge in [0.25, 0.3) is 5.71 Å².